The summed E-state index contributed by atoms with van der Waals surface area (Å²) in [4.78, 5) is 12.9. The first kappa shape index (κ1) is 16.9. The van der Waals surface area contributed by atoms with Gasteiger partial charge in [0, 0.05) is 25.8 Å². The summed E-state index contributed by atoms with van der Waals surface area (Å²) in [5.74, 6) is -0.316. The van der Waals surface area contributed by atoms with Crippen LogP contribution in [0.25, 0.3) is 10.1 Å². The Labute approximate surface area is 156 Å². The summed E-state index contributed by atoms with van der Waals surface area (Å²) in [7, 11) is 0. The Bertz CT molecular complexity index is 935. The molecule has 2 aromatic carbocycles. The summed E-state index contributed by atoms with van der Waals surface area (Å²) in [6.07, 6.45) is 0. The zero-order valence-corrected chi connectivity index (χ0v) is 15.6. The SMILES string of the molecule is Cc1ccc(NC(=O)c2sc3cc(Cl)cc(Cl)c3c2Cl)cc1Cl. The molecule has 0 saturated carbocycles. The summed E-state index contributed by atoms with van der Waals surface area (Å²) in [5, 5.41) is 5.25. The molecule has 3 rings (SSSR count). The van der Waals surface area contributed by atoms with Gasteiger partial charge in [-0.15, -0.1) is 11.3 Å². The molecule has 7 heteroatoms. The second-order valence-electron chi connectivity index (χ2n) is 4.92. The minimum absolute atomic E-state index is 0.316. The summed E-state index contributed by atoms with van der Waals surface area (Å²) >= 11 is 25.8. The lowest BCUT2D eigenvalue weighted by atomic mass is 10.2. The predicted octanol–water partition coefficient (Wildman–Crippen LogP) is 7.08. The number of hydrogen-bond acceptors (Lipinski definition) is 2. The lowest BCUT2D eigenvalue weighted by molar-refractivity contribution is 0.103. The van der Waals surface area contributed by atoms with Crippen molar-refractivity contribution in [3.63, 3.8) is 0 Å². The van der Waals surface area contributed by atoms with Gasteiger partial charge in [0.15, 0.2) is 0 Å². The van der Waals surface area contributed by atoms with Gasteiger partial charge in [-0.25, -0.2) is 0 Å². The second kappa shape index (κ2) is 6.50. The van der Waals surface area contributed by atoms with Gasteiger partial charge in [-0.05, 0) is 36.8 Å². The zero-order chi connectivity index (χ0) is 16.7. The van der Waals surface area contributed by atoms with E-state index in [1.165, 1.54) is 11.3 Å². The van der Waals surface area contributed by atoms with Crippen LogP contribution < -0.4 is 5.32 Å². The van der Waals surface area contributed by atoms with E-state index in [9.17, 15) is 4.79 Å². The number of benzene rings is 2. The molecule has 23 heavy (non-hydrogen) atoms. The Hall–Kier alpha value is -0.970. The van der Waals surface area contributed by atoms with Gasteiger partial charge in [0.1, 0.15) is 4.88 Å². The maximum Gasteiger partial charge on any atom is 0.267 e. The maximum absolute atomic E-state index is 12.5. The van der Waals surface area contributed by atoms with E-state index in [-0.39, 0.29) is 5.91 Å². The Kier molecular flexibility index (Phi) is 4.77. The lowest BCUT2D eigenvalue weighted by Crippen LogP contribution is -2.10. The molecule has 0 bridgehead atoms. The fourth-order valence-electron chi connectivity index (χ4n) is 2.12. The van der Waals surface area contributed by atoms with Gasteiger partial charge < -0.3 is 5.32 Å². The number of carbonyl (C=O) groups excluding carboxylic acids is 1. The van der Waals surface area contributed by atoms with Crippen molar-refractivity contribution in [3.8, 4) is 0 Å². The first-order valence-corrected chi connectivity index (χ1v) is 8.84. The highest BCUT2D eigenvalue weighted by atomic mass is 35.5. The third-order valence-electron chi connectivity index (χ3n) is 3.29. The molecular weight excluding hydrogens is 396 g/mol. The number of anilines is 1. The minimum Gasteiger partial charge on any atom is -0.321 e. The molecule has 0 aliphatic heterocycles. The third-order valence-corrected chi connectivity index (χ3v) is 5.83. The van der Waals surface area contributed by atoms with Crippen LogP contribution >= 0.6 is 57.7 Å². The second-order valence-corrected chi connectivity index (χ2v) is 7.61. The summed E-state index contributed by atoms with van der Waals surface area (Å²) in [5.41, 5.74) is 1.54. The molecule has 1 heterocycles. The van der Waals surface area contributed by atoms with E-state index in [4.69, 9.17) is 46.4 Å². The van der Waals surface area contributed by atoms with Crippen LogP contribution in [-0.4, -0.2) is 5.91 Å². The van der Waals surface area contributed by atoms with Crippen molar-refractivity contribution in [1.82, 2.24) is 0 Å². The van der Waals surface area contributed by atoms with E-state index in [0.717, 1.165) is 10.3 Å². The van der Waals surface area contributed by atoms with Crippen molar-refractivity contribution in [2.75, 3.05) is 5.32 Å². The number of amides is 1. The summed E-state index contributed by atoms with van der Waals surface area (Å²) in [6, 6.07) is 8.65. The monoisotopic (exact) mass is 403 g/mol. The fraction of sp³-hybridized carbons (Fsp3) is 0.0625. The number of hydrogen-bond donors (Lipinski definition) is 1. The summed E-state index contributed by atoms with van der Waals surface area (Å²) < 4.78 is 0.764. The van der Waals surface area contributed by atoms with Crippen LogP contribution in [0.1, 0.15) is 15.2 Å². The Morgan fingerprint density at radius 1 is 1.04 bits per heavy atom. The van der Waals surface area contributed by atoms with E-state index in [0.29, 0.717) is 36.0 Å². The highest BCUT2D eigenvalue weighted by molar-refractivity contribution is 7.21. The Morgan fingerprint density at radius 2 is 1.78 bits per heavy atom. The highest BCUT2D eigenvalue weighted by Gasteiger charge is 2.20. The van der Waals surface area contributed by atoms with Gasteiger partial charge in [-0.2, -0.15) is 0 Å². The molecule has 118 valence electrons. The molecule has 0 unspecified atom stereocenters. The molecule has 1 N–H and O–H groups in total. The number of fused-ring (bicyclic) bond motifs is 1. The first-order valence-electron chi connectivity index (χ1n) is 6.51. The molecule has 1 aromatic heterocycles. The van der Waals surface area contributed by atoms with Crippen molar-refractivity contribution in [2.24, 2.45) is 0 Å². The molecule has 0 aliphatic rings. The molecule has 0 radical (unpaired) electrons. The lowest BCUT2D eigenvalue weighted by Gasteiger charge is -2.06. The van der Waals surface area contributed by atoms with E-state index in [2.05, 4.69) is 5.32 Å². The van der Waals surface area contributed by atoms with Crippen LogP contribution in [-0.2, 0) is 0 Å². The largest absolute Gasteiger partial charge is 0.321 e. The van der Waals surface area contributed by atoms with Crippen molar-refractivity contribution in [1.29, 1.82) is 0 Å². The smallest absolute Gasteiger partial charge is 0.267 e. The maximum atomic E-state index is 12.5. The standard InChI is InChI=1S/C16H9Cl4NOS/c1-7-2-3-9(6-10(7)18)21-16(22)15-14(20)13-11(19)4-8(17)5-12(13)23-15/h2-6H,1H3,(H,21,22). The molecule has 1 amide bonds. The molecular formula is C16H9Cl4NOS. The van der Waals surface area contributed by atoms with Crippen LogP contribution in [0.2, 0.25) is 20.1 Å². The molecule has 0 atom stereocenters. The third kappa shape index (κ3) is 3.30. The number of halogens is 4. The molecule has 2 nitrogen and oxygen atoms in total. The molecule has 0 saturated heterocycles. The van der Waals surface area contributed by atoms with Crippen molar-refractivity contribution in [3.05, 3.63) is 60.9 Å². The number of carbonyl (C=O) groups is 1. The van der Waals surface area contributed by atoms with Crippen molar-refractivity contribution in [2.45, 2.75) is 6.92 Å². The Balaban J connectivity index is 1.99. The van der Waals surface area contributed by atoms with Crippen LogP contribution in [0.5, 0.6) is 0 Å². The molecule has 0 aliphatic carbocycles. The van der Waals surface area contributed by atoms with Crippen LogP contribution in [0, 0.1) is 6.92 Å². The van der Waals surface area contributed by atoms with Gasteiger partial charge in [-0.3, -0.25) is 4.79 Å². The van der Waals surface area contributed by atoms with Crippen LogP contribution in [0.15, 0.2) is 30.3 Å². The Morgan fingerprint density at radius 3 is 2.48 bits per heavy atom. The molecule has 3 aromatic rings. The number of nitrogens with one attached hydrogen (secondary N) is 1. The number of aryl methyl sites for hydroxylation is 1. The number of thiophene rings is 1. The summed E-state index contributed by atoms with van der Waals surface area (Å²) in [6.45, 7) is 1.89. The number of rotatable bonds is 2. The van der Waals surface area contributed by atoms with Gasteiger partial charge in [0.2, 0.25) is 0 Å². The van der Waals surface area contributed by atoms with E-state index < -0.39 is 0 Å². The van der Waals surface area contributed by atoms with E-state index in [1.54, 1.807) is 24.3 Å². The fourth-order valence-corrected chi connectivity index (χ4v) is 4.57. The average Bonchev–Trinajstić information content (AvgIpc) is 2.80. The average molecular weight is 405 g/mol. The van der Waals surface area contributed by atoms with Gasteiger partial charge in [0.05, 0.1) is 10.0 Å². The van der Waals surface area contributed by atoms with Crippen molar-refractivity contribution >= 4 is 79.4 Å². The topological polar surface area (TPSA) is 29.1 Å². The van der Waals surface area contributed by atoms with E-state index in [1.807, 2.05) is 13.0 Å². The van der Waals surface area contributed by atoms with Crippen LogP contribution in [0.3, 0.4) is 0 Å². The highest BCUT2D eigenvalue weighted by Crippen LogP contribution is 2.41. The van der Waals surface area contributed by atoms with Crippen LogP contribution in [0.4, 0.5) is 5.69 Å². The van der Waals surface area contributed by atoms with Crippen molar-refractivity contribution < 1.29 is 4.79 Å². The van der Waals surface area contributed by atoms with Gasteiger partial charge in [0.25, 0.3) is 5.91 Å². The molecule has 0 spiro atoms. The normalized spacial score (nSPS) is 11.0. The predicted molar refractivity (Wildman–Crippen MR) is 101 cm³/mol. The van der Waals surface area contributed by atoms with Gasteiger partial charge >= 0.3 is 0 Å². The molecule has 0 fully saturated rings. The van der Waals surface area contributed by atoms with Gasteiger partial charge in [-0.1, -0.05) is 52.5 Å². The first-order chi connectivity index (χ1) is 10.9. The zero-order valence-electron chi connectivity index (χ0n) is 11.7. The quantitative estimate of drug-likeness (QED) is 0.485. The minimum atomic E-state index is -0.316. The van der Waals surface area contributed by atoms with E-state index >= 15 is 0 Å².